The van der Waals surface area contributed by atoms with Gasteiger partial charge < -0.3 is 5.32 Å². The fraction of sp³-hybridized carbons (Fsp3) is 0.533. The van der Waals surface area contributed by atoms with Crippen LogP contribution in [0.5, 0.6) is 0 Å². The molecule has 0 aromatic heterocycles. The smallest absolute Gasteiger partial charge is 0.239 e. The minimum Gasteiger partial charge on any atom is -0.348 e. The van der Waals surface area contributed by atoms with Gasteiger partial charge in [-0.3, -0.25) is 10.2 Å². The number of hydrogen-bond acceptors (Lipinski definition) is 3. The lowest BCUT2D eigenvalue weighted by Crippen LogP contribution is -2.44. The number of hydrazine groups is 1. The van der Waals surface area contributed by atoms with Crippen molar-refractivity contribution in [3.63, 3.8) is 0 Å². The molecule has 0 bridgehead atoms. The van der Waals surface area contributed by atoms with E-state index in [1.165, 1.54) is 12.8 Å². The predicted octanol–water partition coefficient (Wildman–Crippen LogP) is 2.16. The molecule has 4 nitrogen and oxygen atoms in total. The summed E-state index contributed by atoms with van der Waals surface area (Å²) in [4.78, 5) is 12.3. The van der Waals surface area contributed by atoms with Crippen molar-refractivity contribution in [1.82, 2.24) is 16.2 Å². The van der Waals surface area contributed by atoms with Crippen molar-refractivity contribution in [3.8, 4) is 0 Å². The number of benzene rings is 1. The van der Waals surface area contributed by atoms with Crippen LogP contribution < -0.4 is 16.2 Å². The Balaban J connectivity index is 1.57. The third-order valence-electron chi connectivity index (χ3n) is 4.17. The molecule has 5 heteroatoms. The first kappa shape index (κ1) is 13.9. The molecule has 0 radical (unpaired) electrons. The van der Waals surface area contributed by atoms with E-state index in [-0.39, 0.29) is 18.0 Å². The molecule has 1 saturated carbocycles. The highest BCUT2D eigenvalue weighted by molar-refractivity contribution is 6.31. The maximum atomic E-state index is 12.3. The van der Waals surface area contributed by atoms with Gasteiger partial charge in [-0.05, 0) is 43.7 Å². The molecule has 2 aliphatic rings. The molecule has 108 valence electrons. The Morgan fingerprint density at radius 1 is 1.35 bits per heavy atom. The molecule has 1 aliphatic carbocycles. The predicted molar refractivity (Wildman–Crippen MR) is 79.2 cm³/mol. The second kappa shape index (κ2) is 5.72. The maximum absolute atomic E-state index is 12.3. The van der Waals surface area contributed by atoms with Crippen molar-refractivity contribution >= 4 is 17.5 Å². The van der Waals surface area contributed by atoms with E-state index >= 15 is 0 Å². The third kappa shape index (κ3) is 2.97. The van der Waals surface area contributed by atoms with Gasteiger partial charge in [0.2, 0.25) is 5.91 Å². The molecule has 1 saturated heterocycles. The van der Waals surface area contributed by atoms with Gasteiger partial charge in [-0.15, -0.1) is 0 Å². The van der Waals surface area contributed by atoms with Gasteiger partial charge >= 0.3 is 0 Å². The molecule has 3 N–H and O–H groups in total. The van der Waals surface area contributed by atoms with Gasteiger partial charge in [-0.1, -0.05) is 29.8 Å². The van der Waals surface area contributed by atoms with E-state index in [4.69, 9.17) is 11.6 Å². The van der Waals surface area contributed by atoms with Crippen molar-refractivity contribution in [2.24, 2.45) is 5.92 Å². The van der Waals surface area contributed by atoms with Gasteiger partial charge in [-0.2, -0.15) is 0 Å². The zero-order chi connectivity index (χ0) is 14.1. The van der Waals surface area contributed by atoms with Crippen molar-refractivity contribution < 1.29 is 4.79 Å². The molecule has 3 atom stereocenters. The summed E-state index contributed by atoms with van der Waals surface area (Å²) in [5, 5.41) is 3.72. The molecule has 3 unspecified atom stereocenters. The number of halogens is 1. The molecule has 1 heterocycles. The number of hydrogen-bond donors (Lipinski definition) is 3. The first-order valence-corrected chi connectivity index (χ1v) is 7.59. The Bertz CT molecular complexity index is 504. The van der Waals surface area contributed by atoms with E-state index in [0.29, 0.717) is 11.1 Å². The van der Waals surface area contributed by atoms with Crippen LogP contribution in [0.3, 0.4) is 0 Å². The summed E-state index contributed by atoms with van der Waals surface area (Å²) in [6.45, 7) is 1.96. The first-order valence-electron chi connectivity index (χ1n) is 7.21. The summed E-state index contributed by atoms with van der Waals surface area (Å²) < 4.78 is 0. The van der Waals surface area contributed by atoms with Gasteiger partial charge in [0.05, 0.1) is 6.04 Å². The highest BCUT2D eigenvalue weighted by Gasteiger charge is 2.38. The second-order valence-electron chi connectivity index (χ2n) is 5.77. The monoisotopic (exact) mass is 293 g/mol. The van der Waals surface area contributed by atoms with Crippen LogP contribution in [0.2, 0.25) is 5.02 Å². The van der Waals surface area contributed by atoms with Crippen LogP contribution in [-0.4, -0.2) is 18.0 Å². The lowest BCUT2D eigenvalue weighted by Gasteiger charge is -2.18. The van der Waals surface area contributed by atoms with E-state index in [1.807, 2.05) is 31.2 Å². The topological polar surface area (TPSA) is 53.2 Å². The molecule has 1 aliphatic heterocycles. The number of rotatable bonds is 4. The fourth-order valence-corrected chi connectivity index (χ4v) is 3.08. The number of amides is 1. The Kier molecular flexibility index (Phi) is 3.96. The quantitative estimate of drug-likeness (QED) is 0.797. The summed E-state index contributed by atoms with van der Waals surface area (Å²) in [7, 11) is 0. The van der Waals surface area contributed by atoms with Crippen LogP contribution in [0.15, 0.2) is 24.3 Å². The minimum absolute atomic E-state index is 0.0352. The lowest BCUT2D eigenvalue weighted by molar-refractivity contribution is -0.123. The average Bonchev–Trinajstić information content (AvgIpc) is 3.16. The molecular formula is C15H20ClN3O. The van der Waals surface area contributed by atoms with E-state index in [0.717, 1.165) is 17.9 Å². The van der Waals surface area contributed by atoms with Crippen molar-refractivity contribution in [2.45, 2.75) is 44.3 Å². The molecule has 20 heavy (non-hydrogen) atoms. The molecule has 3 rings (SSSR count). The van der Waals surface area contributed by atoms with Crippen molar-refractivity contribution in [2.75, 3.05) is 0 Å². The maximum Gasteiger partial charge on any atom is 0.239 e. The lowest BCUT2D eigenvalue weighted by atomic mass is 10.0. The summed E-state index contributed by atoms with van der Waals surface area (Å²) in [5.74, 6) is 0.786. The number of carbonyl (C=O) groups is 1. The molecule has 1 amide bonds. The van der Waals surface area contributed by atoms with Crippen LogP contribution >= 0.6 is 11.6 Å². The highest BCUT2D eigenvalue weighted by atomic mass is 35.5. The summed E-state index contributed by atoms with van der Waals surface area (Å²) in [6.07, 6.45) is 3.43. The van der Waals surface area contributed by atoms with E-state index in [1.54, 1.807) is 0 Å². The van der Waals surface area contributed by atoms with Crippen LogP contribution in [0.4, 0.5) is 0 Å². The normalized spacial score (nSPS) is 27.3. The summed E-state index contributed by atoms with van der Waals surface area (Å²) >= 11 is 6.16. The van der Waals surface area contributed by atoms with Gasteiger partial charge in [-0.25, -0.2) is 5.43 Å². The van der Waals surface area contributed by atoms with Crippen LogP contribution in [0.1, 0.15) is 37.8 Å². The summed E-state index contributed by atoms with van der Waals surface area (Å²) in [6, 6.07) is 7.83. The van der Waals surface area contributed by atoms with E-state index in [9.17, 15) is 4.79 Å². The number of carbonyl (C=O) groups excluding carboxylic acids is 1. The standard InChI is InChI=1S/C15H20ClN3O/c1-9(11-4-2-3-5-12(11)16)17-15(20)14-8-13(18-19-14)10-6-7-10/h2-5,9-10,13-14,18-19H,6-8H2,1H3,(H,17,20). The Labute approximate surface area is 124 Å². The second-order valence-corrected chi connectivity index (χ2v) is 6.18. The average molecular weight is 294 g/mol. The van der Waals surface area contributed by atoms with Crippen LogP contribution in [0, 0.1) is 5.92 Å². The van der Waals surface area contributed by atoms with Crippen molar-refractivity contribution in [1.29, 1.82) is 0 Å². The molecule has 1 aromatic rings. The van der Waals surface area contributed by atoms with E-state index in [2.05, 4.69) is 16.2 Å². The first-order chi connectivity index (χ1) is 9.65. The largest absolute Gasteiger partial charge is 0.348 e. The van der Waals surface area contributed by atoms with Crippen molar-refractivity contribution in [3.05, 3.63) is 34.9 Å². The Morgan fingerprint density at radius 2 is 2.10 bits per heavy atom. The van der Waals surface area contributed by atoms with Crippen LogP contribution in [0.25, 0.3) is 0 Å². The number of nitrogens with one attached hydrogen (secondary N) is 3. The SMILES string of the molecule is CC(NC(=O)C1CC(C2CC2)NN1)c1ccccc1Cl. The molecule has 2 fully saturated rings. The van der Waals surface area contributed by atoms with E-state index < -0.39 is 0 Å². The Hall–Kier alpha value is -1.10. The van der Waals surface area contributed by atoms with Gasteiger partial charge in [0, 0.05) is 11.1 Å². The van der Waals surface area contributed by atoms with Gasteiger partial charge in [0.1, 0.15) is 6.04 Å². The fourth-order valence-electron chi connectivity index (χ4n) is 2.78. The van der Waals surface area contributed by atoms with Gasteiger partial charge in [0.25, 0.3) is 0 Å². The Morgan fingerprint density at radius 3 is 2.80 bits per heavy atom. The minimum atomic E-state index is -0.148. The highest BCUT2D eigenvalue weighted by Crippen LogP contribution is 2.35. The zero-order valence-corrected chi connectivity index (χ0v) is 12.3. The van der Waals surface area contributed by atoms with Crippen LogP contribution in [-0.2, 0) is 4.79 Å². The third-order valence-corrected chi connectivity index (χ3v) is 4.51. The summed E-state index contributed by atoms with van der Waals surface area (Å²) in [5.41, 5.74) is 7.29. The van der Waals surface area contributed by atoms with Gasteiger partial charge in [0.15, 0.2) is 0 Å². The molecule has 0 spiro atoms. The zero-order valence-electron chi connectivity index (χ0n) is 11.5. The molecular weight excluding hydrogens is 274 g/mol. The molecule has 1 aromatic carbocycles.